The number of rotatable bonds is 4. The smallest absolute Gasteiger partial charge is 0.348 e. The largest absolute Gasteiger partial charge is 0.416 e. The first-order chi connectivity index (χ1) is 14.8. The first kappa shape index (κ1) is 20.6. The van der Waals surface area contributed by atoms with Crippen LogP contribution in [0.25, 0.3) is 22.2 Å². The van der Waals surface area contributed by atoms with Gasteiger partial charge in [-0.2, -0.15) is 13.2 Å². The molecule has 156 valence electrons. The van der Waals surface area contributed by atoms with Crippen LogP contribution in [-0.4, -0.2) is 10.9 Å². The van der Waals surface area contributed by atoms with E-state index in [9.17, 15) is 18.0 Å². The van der Waals surface area contributed by atoms with Gasteiger partial charge in [0, 0.05) is 17.5 Å². The van der Waals surface area contributed by atoms with E-state index in [0.29, 0.717) is 27.7 Å². The summed E-state index contributed by atoms with van der Waals surface area (Å²) in [7, 11) is 0. The summed E-state index contributed by atoms with van der Waals surface area (Å²) in [6.07, 6.45) is -4.43. The molecule has 1 heterocycles. The molecule has 4 rings (SSSR count). The van der Waals surface area contributed by atoms with Crippen LogP contribution in [0.5, 0.6) is 0 Å². The van der Waals surface area contributed by atoms with Gasteiger partial charge in [-0.25, -0.2) is 4.98 Å². The molecule has 0 atom stereocenters. The summed E-state index contributed by atoms with van der Waals surface area (Å²) >= 11 is 0. The zero-order valence-corrected chi connectivity index (χ0v) is 16.7. The number of benzene rings is 3. The van der Waals surface area contributed by atoms with E-state index < -0.39 is 11.7 Å². The molecule has 0 unspecified atom stereocenters. The highest BCUT2D eigenvalue weighted by Gasteiger charge is 2.30. The quantitative estimate of drug-likeness (QED) is 0.430. The predicted molar refractivity (Wildman–Crippen MR) is 115 cm³/mol. The number of carbonyl (C=O) groups excluding carboxylic acids is 1. The van der Waals surface area contributed by atoms with Crippen LogP contribution in [-0.2, 0) is 12.7 Å². The Kier molecular flexibility index (Phi) is 5.46. The van der Waals surface area contributed by atoms with E-state index in [1.165, 1.54) is 6.07 Å². The summed E-state index contributed by atoms with van der Waals surface area (Å²) in [4.78, 5) is 17.7. The van der Waals surface area contributed by atoms with Crippen LogP contribution in [0.15, 0.2) is 78.9 Å². The molecule has 0 aliphatic heterocycles. The Bertz CT molecular complexity index is 1250. The Labute approximate surface area is 177 Å². The standard InChI is InChI=1S/C25H19F3N2O/c1-16-10-11-22-20(12-16)21(14-23(30-22)18-7-3-2-4-8-18)24(31)29-15-17-6-5-9-19(13-17)25(26,27)28/h2-14H,15H2,1H3,(H,29,31). The lowest BCUT2D eigenvalue weighted by molar-refractivity contribution is -0.137. The minimum atomic E-state index is -4.43. The Morgan fingerprint density at radius 3 is 2.45 bits per heavy atom. The number of aromatic nitrogens is 1. The molecule has 31 heavy (non-hydrogen) atoms. The number of carbonyl (C=O) groups is 1. The Balaban J connectivity index is 1.68. The van der Waals surface area contributed by atoms with Crippen molar-refractivity contribution < 1.29 is 18.0 Å². The van der Waals surface area contributed by atoms with Gasteiger partial charge in [0.15, 0.2) is 0 Å². The number of hydrogen-bond donors (Lipinski definition) is 1. The lowest BCUT2D eigenvalue weighted by atomic mass is 10.0. The minimum absolute atomic E-state index is 0.0148. The van der Waals surface area contributed by atoms with Gasteiger partial charge in [0.25, 0.3) is 5.91 Å². The van der Waals surface area contributed by atoms with Crippen LogP contribution in [0.1, 0.15) is 27.0 Å². The molecule has 0 bridgehead atoms. The average molecular weight is 420 g/mol. The molecule has 6 heteroatoms. The average Bonchev–Trinajstić information content (AvgIpc) is 2.77. The number of pyridine rings is 1. The van der Waals surface area contributed by atoms with Crippen molar-refractivity contribution in [2.45, 2.75) is 19.6 Å². The van der Waals surface area contributed by atoms with Crippen molar-refractivity contribution in [2.75, 3.05) is 0 Å². The van der Waals surface area contributed by atoms with Gasteiger partial charge in [0.05, 0.1) is 22.3 Å². The summed E-state index contributed by atoms with van der Waals surface area (Å²) in [6, 6.07) is 21.8. The number of aryl methyl sites for hydroxylation is 1. The van der Waals surface area contributed by atoms with Gasteiger partial charge in [-0.3, -0.25) is 4.79 Å². The van der Waals surface area contributed by atoms with Crippen LogP contribution >= 0.6 is 0 Å². The summed E-state index contributed by atoms with van der Waals surface area (Å²) < 4.78 is 38.9. The first-order valence-electron chi connectivity index (χ1n) is 9.72. The fraction of sp³-hybridized carbons (Fsp3) is 0.120. The molecule has 0 spiro atoms. The normalized spacial score (nSPS) is 11.5. The third-order valence-electron chi connectivity index (χ3n) is 4.99. The summed E-state index contributed by atoms with van der Waals surface area (Å²) in [5, 5.41) is 3.45. The predicted octanol–water partition coefficient (Wildman–Crippen LogP) is 6.16. The maximum Gasteiger partial charge on any atom is 0.416 e. The van der Waals surface area contributed by atoms with Crippen LogP contribution in [0.3, 0.4) is 0 Å². The second kappa shape index (κ2) is 8.22. The maximum absolute atomic E-state index is 13.0. The highest BCUT2D eigenvalue weighted by Crippen LogP contribution is 2.30. The van der Waals surface area contributed by atoms with Crippen molar-refractivity contribution in [3.63, 3.8) is 0 Å². The number of nitrogens with zero attached hydrogens (tertiary/aromatic N) is 1. The van der Waals surface area contributed by atoms with Gasteiger partial charge in [-0.05, 0) is 42.8 Å². The summed E-state index contributed by atoms with van der Waals surface area (Å²) in [5.74, 6) is -0.368. The first-order valence-corrected chi connectivity index (χ1v) is 9.72. The lowest BCUT2D eigenvalue weighted by Crippen LogP contribution is -2.23. The molecule has 1 N–H and O–H groups in total. The number of nitrogens with one attached hydrogen (secondary N) is 1. The SMILES string of the molecule is Cc1ccc2nc(-c3ccccc3)cc(C(=O)NCc3cccc(C(F)(F)F)c3)c2c1. The van der Waals surface area contributed by atoms with E-state index >= 15 is 0 Å². The van der Waals surface area contributed by atoms with E-state index in [0.717, 1.165) is 23.3 Å². The second-order valence-corrected chi connectivity index (χ2v) is 7.32. The van der Waals surface area contributed by atoms with Crippen molar-refractivity contribution in [1.29, 1.82) is 0 Å². The second-order valence-electron chi connectivity index (χ2n) is 7.32. The number of amides is 1. The molecule has 0 fully saturated rings. The van der Waals surface area contributed by atoms with Gasteiger partial charge >= 0.3 is 6.18 Å². The van der Waals surface area contributed by atoms with E-state index in [-0.39, 0.29) is 12.5 Å². The zero-order valence-electron chi connectivity index (χ0n) is 16.7. The topological polar surface area (TPSA) is 42.0 Å². The van der Waals surface area contributed by atoms with Crippen molar-refractivity contribution >= 4 is 16.8 Å². The van der Waals surface area contributed by atoms with Gasteiger partial charge in [-0.15, -0.1) is 0 Å². The van der Waals surface area contributed by atoms with Crippen LogP contribution in [0.4, 0.5) is 13.2 Å². The molecule has 3 aromatic carbocycles. The molecule has 0 aliphatic carbocycles. The van der Waals surface area contributed by atoms with Crippen molar-refractivity contribution in [3.05, 3.63) is 101 Å². The van der Waals surface area contributed by atoms with E-state index in [1.54, 1.807) is 12.1 Å². The number of halogens is 3. The molecule has 1 amide bonds. The Hall–Kier alpha value is -3.67. The molecule has 0 radical (unpaired) electrons. The maximum atomic E-state index is 13.0. The van der Waals surface area contributed by atoms with E-state index in [4.69, 9.17) is 0 Å². The monoisotopic (exact) mass is 420 g/mol. The van der Waals surface area contributed by atoms with E-state index in [2.05, 4.69) is 10.3 Å². The molecular formula is C25H19F3N2O. The molecule has 4 aromatic rings. The lowest BCUT2D eigenvalue weighted by Gasteiger charge is -2.12. The number of fused-ring (bicyclic) bond motifs is 1. The summed E-state index contributed by atoms with van der Waals surface area (Å²) in [6.45, 7) is 1.91. The fourth-order valence-corrected chi connectivity index (χ4v) is 3.42. The van der Waals surface area contributed by atoms with E-state index in [1.807, 2.05) is 55.5 Å². The summed E-state index contributed by atoms with van der Waals surface area (Å²) in [5.41, 5.74) is 3.25. The Morgan fingerprint density at radius 2 is 1.71 bits per heavy atom. The highest BCUT2D eigenvalue weighted by molar-refractivity contribution is 6.07. The molecule has 3 nitrogen and oxygen atoms in total. The van der Waals surface area contributed by atoms with Crippen molar-refractivity contribution in [3.8, 4) is 11.3 Å². The molecule has 0 saturated carbocycles. The zero-order chi connectivity index (χ0) is 22.0. The third-order valence-corrected chi connectivity index (χ3v) is 4.99. The molecule has 0 saturated heterocycles. The van der Waals surface area contributed by atoms with Crippen molar-refractivity contribution in [2.24, 2.45) is 0 Å². The van der Waals surface area contributed by atoms with Crippen LogP contribution < -0.4 is 5.32 Å². The fourth-order valence-electron chi connectivity index (χ4n) is 3.42. The van der Waals surface area contributed by atoms with Gasteiger partial charge in [-0.1, -0.05) is 54.1 Å². The molecular weight excluding hydrogens is 401 g/mol. The highest BCUT2D eigenvalue weighted by atomic mass is 19.4. The van der Waals surface area contributed by atoms with Crippen molar-refractivity contribution in [1.82, 2.24) is 10.3 Å². The molecule has 1 aromatic heterocycles. The van der Waals surface area contributed by atoms with Gasteiger partial charge in [0.1, 0.15) is 0 Å². The number of alkyl halides is 3. The van der Waals surface area contributed by atoms with Gasteiger partial charge in [0.2, 0.25) is 0 Å². The number of hydrogen-bond acceptors (Lipinski definition) is 2. The van der Waals surface area contributed by atoms with Gasteiger partial charge < -0.3 is 5.32 Å². The minimum Gasteiger partial charge on any atom is -0.348 e. The Morgan fingerprint density at radius 1 is 0.935 bits per heavy atom. The molecule has 0 aliphatic rings. The van der Waals surface area contributed by atoms with Crippen LogP contribution in [0.2, 0.25) is 0 Å². The third kappa shape index (κ3) is 4.58. The van der Waals surface area contributed by atoms with Crippen LogP contribution in [0, 0.1) is 6.92 Å².